The summed E-state index contributed by atoms with van der Waals surface area (Å²) in [7, 11) is 1.77. The van der Waals surface area contributed by atoms with Gasteiger partial charge in [0, 0.05) is 24.9 Å². The lowest BCUT2D eigenvalue weighted by atomic mass is 10.2. The van der Waals surface area contributed by atoms with Gasteiger partial charge >= 0.3 is 0 Å². The van der Waals surface area contributed by atoms with Gasteiger partial charge in [0.25, 0.3) is 0 Å². The molecule has 0 aliphatic heterocycles. The van der Waals surface area contributed by atoms with E-state index in [1.165, 1.54) is 6.92 Å². The summed E-state index contributed by atoms with van der Waals surface area (Å²) < 4.78 is 0. The molecule has 1 aromatic carbocycles. The van der Waals surface area contributed by atoms with E-state index in [4.69, 9.17) is 11.6 Å². The molecule has 0 unspecified atom stereocenters. The predicted molar refractivity (Wildman–Crippen MR) is 80.2 cm³/mol. The SMILES string of the molecule is CNCCC(=O)Nc1cc(Cl)ccc1NC(C)=O.Cl. The van der Waals surface area contributed by atoms with Gasteiger partial charge in [-0.2, -0.15) is 0 Å². The molecule has 0 spiro atoms. The van der Waals surface area contributed by atoms with Crippen molar-refractivity contribution in [1.82, 2.24) is 5.32 Å². The van der Waals surface area contributed by atoms with Crippen molar-refractivity contribution >= 4 is 47.2 Å². The van der Waals surface area contributed by atoms with Crippen LogP contribution in [0.25, 0.3) is 0 Å². The second-order valence-electron chi connectivity index (χ2n) is 3.77. The number of hydrogen-bond donors (Lipinski definition) is 3. The van der Waals surface area contributed by atoms with Crippen molar-refractivity contribution in [2.45, 2.75) is 13.3 Å². The molecule has 0 saturated heterocycles. The monoisotopic (exact) mass is 305 g/mol. The lowest BCUT2D eigenvalue weighted by Gasteiger charge is -2.11. The molecule has 5 nitrogen and oxygen atoms in total. The van der Waals surface area contributed by atoms with E-state index in [9.17, 15) is 9.59 Å². The standard InChI is InChI=1S/C12H16ClN3O2.ClH/c1-8(17)15-10-4-3-9(13)7-11(10)16-12(18)5-6-14-2;/h3-4,7,14H,5-6H2,1-2H3,(H,15,17)(H,16,18);1H. The third-order valence-electron chi connectivity index (χ3n) is 2.17. The fraction of sp³-hybridized carbons (Fsp3) is 0.333. The van der Waals surface area contributed by atoms with Crippen LogP contribution in [0.5, 0.6) is 0 Å². The third-order valence-corrected chi connectivity index (χ3v) is 2.40. The average Bonchev–Trinajstić information content (AvgIpc) is 2.29. The number of carbonyl (C=O) groups excluding carboxylic acids is 2. The van der Waals surface area contributed by atoms with Crippen molar-refractivity contribution in [1.29, 1.82) is 0 Å². The number of rotatable bonds is 5. The van der Waals surface area contributed by atoms with E-state index in [1.807, 2.05) is 0 Å². The zero-order valence-electron chi connectivity index (χ0n) is 10.7. The first-order valence-corrected chi connectivity index (χ1v) is 5.92. The highest BCUT2D eigenvalue weighted by Crippen LogP contribution is 2.25. The van der Waals surface area contributed by atoms with Crippen LogP contribution >= 0.6 is 24.0 Å². The molecule has 7 heteroatoms. The lowest BCUT2D eigenvalue weighted by molar-refractivity contribution is -0.116. The maximum atomic E-state index is 11.6. The molecule has 0 bridgehead atoms. The Hall–Kier alpha value is -1.30. The molecule has 106 valence electrons. The van der Waals surface area contributed by atoms with Crippen LogP contribution in [0.4, 0.5) is 11.4 Å². The fourth-order valence-electron chi connectivity index (χ4n) is 1.37. The van der Waals surface area contributed by atoms with Crippen LogP contribution in [-0.2, 0) is 9.59 Å². The van der Waals surface area contributed by atoms with Gasteiger partial charge in [-0.3, -0.25) is 9.59 Å². The van der Waals surface area contributed by atoms with E-state index in [1.54, 1.807) is 25.2 Å². The largest absolute Gasteiger partial charge is 0.325 e. The van der Waals surface area contributed by atoms with Crippen LogP contribution < -0.4 is 16.0 Å². The minimum atomic E-state index is -0.206. The fourth-order valence-corrected chi connectivity index (χ4v) is 1.54. The molecule has 19 heavy (non-hydrogen) atoms. The third kappa shape index (κ3) is 6.42. The first-order valence-electron chi connectivity index (χ1n) is 5.54. The Morgan fingerprint density at radius 1 is 1.21 bits per heavy atom. The summed E-state index contributed by atoms with van der Waals surface area (Å²) in [5.74, 6) is -0.346. The van der Waals surface area contributed by atoms with Gasteiger partial charge in [0.2, 0.25) is 11.8 Å². The number of benzene rings is 1. The van der Waals surface area contributed by atoms with Crippen molar-refractivity contribution in [2.24, 2.45) is 0 Å². The predicted octanol–water partition coefficient (Wildman–Crippen LogP) is 2.27. The topological polar surface area (TPSA) is 70.2 Å². The van der Waals surface area contributed by atoms with Gasteiger partial charge in [-0.15, -0.1) is 12.4 Å². The van der Waals surface area contributed by atoms with Gasteiger partial charge in [-0.25, -0.2) is 0 Å². The summed E-state index contributed by atoms with van der Waals surface area (Å²) in [5.41, 5.74) is 1.03. The molecule has 0 atom stereocenters. The molecule has 2 amide bonds. The van der Waals surface area contributed by atoms with Crippen LogP contribution in [-0.4, -0.2) is 25.4 Å². The minimum absolute atomic E-state index is 0. The summed E-state index contributed by atoms with van der Waals surface area (Å²) in [6, 6.07) is 4.90. The molecular formula is C12H17Cl2N3O2. The van der Waals surface area contributed by atoms with Crippen molar-refractivity contribution < 1.29 is 9.59 Å². The quantitative estimate of drug-likeness (QED) is 0.781. The first-order chi connectivity index (χ1) is 8.52. The van der Waals surface area contributed by atoms with Gasteiger partial charge in [0.05, 0.1) is 11.4 Å². The molecule has 1 rings (SSSR count). The number of halogens is 2. The maximum Gasteiger partial charge on any atom is 0.225 e. The summed E-state index contributed by atoms with van der Waals surface area (Å²) in [6.45, 7) is 1.99. The Morgan fingerprint density at radius 3 is 2.47 bits per heavy atom. The number of hydrogen-bond acceptors (Lipinski definition) is 3. The molecule has 0 aliphatic rings. The normalized spacial score (nSPS) is 9.42. The average molecular weight is 306 g/mol. The van der Waals surface area contributed by atoms with E-state index in [2.05, 4.69) is 16.0 Å². The molecule has 0 radical (unpaired) electrons. The number of nitrogens with one attached hydrogen (secondary N) is 3. The Labute approximate surface area is 123 Å². The number of carbonyl (C=O) groups is 2. The van der Waals surface area contributed by atoms with Crippen molar-refractivity contribution in [3.63, 3.8) is 0 Å². The van der Waals surface area contributed by atoms with Crippen molar-refractivity contribution in [3.8, 4) is 0 Å². The number of amides is 2. The van der Waals surface area contributed by atoms with Crippen molar-refractivity contribution in [3.05, 3.63) is 23.2 Å². The molecule has 1 aromatic rings. The van der Waals surface area contributed by atoms with Crippen LogP contribution in [0, 0.1) is 0 Å². The van der Waals surface area contributed by atoms with E-state index >= 15 is 0 Å². The summed E-state index contributed by atoms with van der Waals surface area (Å²) in [5, 5.41) is 8.73. The van der Waals surface area contributed by atoms with Crippen LogP contribution in [0.3, 0.4) is 0 Å². The molecule has 0 saturated carbocycles. The zero-order valence-corrected chi connectivity index (χ0v) is 12.3. The molecule has 0 aromatic heterocycles. The van der Waals surface area contributed by atoms with Gasteiger partial charge in [0.15, 0.2) is 0 Å². The van der Waals surface area contributed by atoms with Gasteiger partial charge in [-0.05, 0) is 25.2 Å². The molecule has 3 N–H and O–H groups in total. The Bertz CT molecular complexity index is 453. The lowest BCUT2D eigenvalue weighted by Crippen LogP contribution is -2.19. The highest BCUT2D eigenvalue weighted by molar-refractivity contribution is 6.31. The molecular weight excluding hydrogens is 289 g/mol. The summed E-state index contributed by atoms with van der Waals surface area (Å²) >= 11 is 5.86. The van der Waals surface area contributed by atoms with Crippen molar-refractivity contribution in [2.75, 3.05) is 24.2 Å². The Kier molecular flexibility index (Phi) is 8.14. The van der Waals surface area contributed by atoms with E-state index in [0.717, 1.165) is 0 Å². The van der Waals surface area contributed by atoms with E-state index < -0.39 is 0 Å². The van der Waals surface area contributed by atoms with Crippen LogP contribution in [0.1, 0.15) is 13.3 Å². The highest BCUT2D eigenvalue weighted by Gasteiger charge is 2.08. The van der Waals surface area contributed by atoms with Crippen LogP contribution in [0.2, 0.25) is 5.02 Å². The van der Waals surface area contributed by atoms with E-state index in [0.29, 0.717) is 29.4 Å². The van der Waals surface area contributed by atoms with Gasteiger partial charge < -0.3 is 16.0 Å². The first kappa shape index (κ1) is 17.7. The zero-order chi connectivity index (χ0) is 13.5. The van der Waals surface area contributed by atoms with Gasteiger partial charge in [0.1, 0.15) is 0 Å². The van der Waals surface area contributed by atoms with E-state index in [-0.39, 0.29) is 24.2 Å². The molecule has 0 fully saturated rings. The number of anilines is 2. The smallest absolute Gasteiger partial charge is 0.225 e. The minimum Gasteiger partial charge on any atom is -0.325 e. The highest BCUT2D eigenvalue weighted by atomic mass is 35.5. The van der Waals surface area contributed by atoms with Gasteiger partial charge in [-0.1, -0.05) is 11.6 Å². The van der Waals surface area contributed by atoms with Crippen LogP contribution in [0.15, 0.2) is 18.2 Å². The molecule has 0 heterocycles. The molecule has 0 aliphatic carbocycles. The second-order valence-corrected chi connectivity index (χ2v) is 4.21. The second kappa shape index (κ2) is 8.74. The Balaban J connectivity index is 0.00000324. The Morgan fingerprint density at radius 2 is 1.89 bits per heavy atom. The summed E-state index contributed by atoms with van der Waals surface area (Å²) in [6.07, 6.45) is 0.350. The summed E-state index contributed by atoms with van der Waals surface area (Å²) in [4.78, 5) is 22.7. The maximum absolute atomic E-state index is 11.6.